The van der Waals surface area contributed by atoms with Crippen molar-refractivity contribution >= 4 is 5.69 Å². The highest BCUT2D eigenvalue weighted by molar-refractivity contribution is 5.58. The minimum absolute atomic E-state index is 0.943. The number of fused-ring (bicyclic) bond motifs is 1. The maximum Gasteiger partial charge on any atom is 0.125 e. The second kappa shape index (κ2) is 4.57. The third-order valence-electron chi connectivity index (χ3n) is 3.84. The van der Waals surface area contributed by atoms with Crippen LogP contribution in [-0.2, 0) is 13.1 Å². The van der Waals surface area contributed by atoms with Crippen molar-refractivity contribution in [2.75, 3.05) is 25.1 Å². The summed E-state index contributed by atoms with van der Waals surface area (Å²) in [6.07, 6.45) is 4.01. The van der Waals surface area contributed by atoms with Crippen LogP contribution in [-0.4, -0.2) is 20.2 Å². The van der Waals surface area contributed by atoms with Gasteiger partial charge in [0.1, 0.15) is 5.75 Å². The average Bonchev–Trinajstić information content (AvgIpc) is 2.86. The highest BCUT2D eigenvalue weighted by Gasteiger charge is 2.19. The fourth-order valence-corrected chi connectivity index (χ4v) is 2.88. The maximum atomic E-state index is 5.52. The monoisotopic (exact) mass is 232 g/mol. The molecule has 1 saturated heterocycles. The summed E-state index contributed by atoms with van der Waals surface area (Å²) in [4.78, 5) is 2.49. The summed E-state index contributed by atoms with van der Waals surface area (Å²) in [7, 11) is 1.77. The molecule has 0 bridgehead atoms. The van der Waals surface area contributed by atoms with Gasteiger partial charge in [-0.15, -0.1) is 0 Å². The number of rotatable bonds is 2. The third kappa shape index (κ3) is 2.00. The van der Waals surface area contributed by atoms with E-state index in [-0.39, 0.29) is 0 Å². The lowest BCUT2D eigenvalue weighted by Crippen LogP contribution is -2.29. The molecule has 0 aliphatic carbocycles. The summed E-state index contributed by atoms with van der Waals surface area (Å²) in [5.74, 6) is 1.05. The number of nitrogens with zero attached hydrogens (tertiary/aromatic N) is 1. The van der Waals surface area contributed by atoms with E-state index in [0.29, 0.717) is 0 Å². The van der Waals surface area contributed by atoms with Gasteiger partial charge in [-0.05, 0) is 30.9 Å². The first-order valence-electron chi connectivity index (χ1n) is 6.54. The Morgan fingerprint density at radius 1 is 1.12 bits per heavy atom. The highest BCUT2D eigenvalue weighted by atomic mass is 16.5. The van der Waals surface area contributed by atoms with Gasteiger partial charge < -0.3 is 15.0 Å². The fourth-order valence-electron chi connectivity index (χ4n) is 2.88. The smallest absolute Gasteiger partial charge is 0.125 e. The first kappa shape index (κ1) is 10.9. The Morgan fingerprint density at radius 2 is 1.94 bits per heavy atom. The number of benzene rings is 1. The van der Waals surface area contributed by atoms with Crippen molar-refractivity contribution in [2.24, 2.45) is 0 Å². The molecule has 0 radical (unpaired) electrons. The quantitative estimate of drug-likeness (QED) is 0.846. The molecule has 2 heterocycles. The molecule has 1 aromatic carbocycles. The molecule has 1 fully saturated rings. The van der Waals surface area contributed by atoms with E-state index in [1.54, 1.807) is 7.11 Å². The number of hydrogen-bond donors (Lipinski definition) is 1. The largest absolute Gasteiger partial charge is 0.496 e. The van der Waals surface area contributed by atoms with E-state index >= 15 is 0 Å². The first-order chi connectivity index (χ1) is 8.38. The van der Waals surface area contributed by atoms with Gasteiger partial charge in [-0.3, -0.25) is 0 Å². The van der Waals surface area contributed by atoms with Crippen molar-refractivity contribution < 1.29 is 4.74 Å². The van der Waals surface area contributed by atoms with Gasteiger partial charge in [0.2, 0.25) is 0 Å². The molecule has 3 heteroatoms. The van der Waals surface area contributed by atoms with Crippen LogP contribution in [0.1, 0.15) is 30.4 Å². The number of ether oxygens (including phenoxy) is 1. The zero-order chi connectivity index (χ0) is 11.7. The topological polar surface area (TPSA) is 24.5 Å². The molecule has 2 aliphatic rings. The second-order valence-electron chi connectivity index (χ2n) is 4.94. The number of hydrogen-bond acceptors (Lipinski definition) is 3. The van der Waals surface area contributed by atoms with E-state index in [1.165, 1.54) is 49.2 Å². The van der Waals surface area contributed by atoms with Crippen molar-refractivity contribution in [1.29, 1.82) is 0 Å². The normalized spacial score (nSPS) is 19.2. The SMILES string of the molecule is COc1cc(N2CCCCC2)cc2c1CNC2. The van der Waals surface area contributed by atoms with Gasteiger partial charge in [0.05, 0.1) is 7.11 Å². The molecule has 3 nitrogen and oxygen atoms in total. The van der Waals surface area contributed by atoms with Gasteiger partial charge in [-0.1, -0.05) is 0 Å². The fraction of sp³-hybridized carbons (Fsp3) is 0.571. The standard InChI is InChI=1S/C14H20N2O/c1-17-14-8-12(16-5-3-2-4-6-16)7-11-9-15-10-13(11)14/h7-8,15H,2-6,9-10H2,1H3. The predicted molar refractivity (Wildman–Crippen MR) is 69.6 cm³/mol. The Labute approximate surface area is 103 Å². The maximum absolute atomic E-state index is 5.52. The molecule has 1 aromatic rings. The molecule has 0 unspecified atom stereocenters. The lowest BCUT2D eigenvalue weighted by molar-refractivity contribution is 0.409. The van der Waals surface area contributed by atoms with Crippen LogP contribution in [0.2, 0.25) is 0 Å². The van der Waals surface area contributed by atoms with E-state index in [4.69, 9.17) is 4.74 Å². The van der Waals surface area contributed by atoms with Crippen LogP contribution in [0.5, 0.6) is 5.75 Å². The van der Waals surface area contributed by atoms with Crippen LogP contribution < -0.4 is 15.0 Å². The molecule has 0 amide bonds. The van der Waals surface area contributed by atoms with Gasteiger partial charge in [-0.25, -0.2) is 0 Å². The molecule has 0 aromatic heterocycles. The van der Waals surface area contributed by atoms with Gasteiger partial charge in [0.25, 0.3) is 0 Å². The molecule has 17 heavy (non-hydrogen) atoms. The molecular formula is C14H20N2O. The van der Waals surface area contributed by atoms with Gasteiger partial charge >= 0.3 is 0 Å². The lowest BCUT2D eigenvalue weighted by Gasteiger charge is -2.29. The zero-order valence-electron chi connectivity index (χ0n) is 10.5. The molecule has 3 rings (SSSR count). The van der Waals surface area contributed by atoms with Crippen molar-refractivity contribution in [1.82, 2.24) is 5.32 Å². The molecule has 1 N–H and O–H groups in total. The summed E-state index contributed by atoms with van der Waals surface area (Å²) in [5, 5.41) is 3.39. The summed E-state index contributed by atoms with van der Waals surface area (Å²) in [5.41, 5.74) is 4.09. The summed E-state index contributed by atoms with van der Waals surface area (Å²) in [6.45, 7) is 4.30. The third-order valence-corrected chi connectivity index (χ3v) is 3.84. The number of nitrogens with one attached hydrogen (secondary N) is 1. The minimum atomic E-state index is 0.943. The average molecular weight is 232 g/mol. The first-order valence-corrected chi connectivity index (χ1v) is 6.54. The number of methoxy groups -OCH3 is 1. The van der Waals surface area contributed by atoms with Gasteiger partial charge in [-0.2, -0.15) is 0 Å². The van der Waals surface area contributed by atoms with E-state index in [0.717, 1.165) is 18.8 Å². The predicted octanol–water partition coefficient (Wildman–Crippen LogP) is 2.29. The molecule has 0 spiro atoms. The second-order valence-corrected chi connectivity index (χ2v) is 4.94. The summed E-state index contributed by atoms with van der Waals surface area (Å²) < 4.78 is 5.52. The number of anilines is 1. The van der Waals surface area contributed by atoms with Crippen molar-refractivity contribution in [2.45, 2.75) is 32.4 Å². The Kier molecular flexibility index (Phi) is 2.93. The Balaban J connectivity index is 1.94. The van der Waals surface area contributed by atoms with Gasteiger partial charge in [0.15, 0.2) is 0 Å². The minimum Gasteiger partial charge on any atom is -0.496 e. The molecule has 2 aliphatic heterocycles. The lowest BCUT2D eigenvalue weighted by atomic mass is 10.1. The molecule has 0 saturated carbocycles. The molecular weight excluding hydrogens is 212 g/mol. The highest BCUT2D eigenvalue weighted by Crippen LogP contribution is 2.33. The summed E-state index contributed by atoms with van der Waals surface area (Å²) >= 11 is 0. The van der Waals surface area contributed by atoms with Crippen molar-refractivity contribution in [3.63, 3.8) is 0 Å². The van der Waals surface area contributed by atoms with Gasteiger partial charge in [0, 0.05) is 43.5 Å². The Bertz CT molecular complexity index is 411. The van der Waals surface area contributed by atoms with Crippen LogP contribution in [0, 0.1) is 0 Å². The van der Waals surface area contributed by atoms with Crippen molar-refractivity contribution in [3.8, 4) is 5.75 Å². The van der Waals surface area contributed by atoms with Crippen LogP contribution in [0.25, 0.3) is 0 Å². The van der Waals surface area contributed by atoms with E-state index in [1.807, 2.05) is 0 Å². The van der Waals surface area contributed by atoms with E-state index < -0.39 is 0 Å². The zero-order valence-corrected chi connectivity index (χ0v) is 10.5. The van der Waals surface area contributed by atoms with E-state index in [9.17, 15) is 0 Å². The van der Waals surface area contributed by atoms with Crippen LogP contribution >= 0.6 is 0 Å². The van der Waals surface area contributed by atoms with Crippen molar-refractivity contribution in [3.05, 3.63) is 23.3 Å². The Hall–Kier alpha value is -1.22. The molecule has 0 atom stereocenters. The van der Waals surface area contributed by atoms with E-state index in [2.05, 4.69) is 22.3 Å². The number of piperidine rings is 1. The molecule has 92 valence electrons. The van der Waals surface area contributed by atoms with Crippen LogP contribution in [0.3, 0.4) is 0 Å². The Morgan fingerprint density at radius 3 is 2.71 bits per heavy atom. The summed E-state index contributed by atoms with van der Waals surface area (Å²) in [6, 6.07) is 4.54. The van der Waals surface area contributed by atoms with Crippen LogP contribution in [0.4, 0.5) is 5.69 Å². The van der Waals surface area contributed by atoms with Crippen LogP contribution in [0.15, 0.2) is 12.1 Å².